The molecule has 0 aliphatic heterocycles. The minimum atomic E-state index is -0.303. The summed E-state index contributed by atoms with van der Waals surface area (Å²) in [5, 5.41) is 0.351. The van der Waals surface area contributed by atoms with Crippen LogP contribution in [0.1, 0.15) is 6.92 Å². The molecule has 138 valence electrons. The van der Waals surface area contributed by atoms with E-state index >= 15 is 0 Å². The van der Waals surface area contributed by atoms with E-state index in [1.165, 1.54) is 30.9 Å². The lowest BCUT2D eigenvalue weighted by Crippen LogP contribution is -2.41. The summed E-state index contributed by atoms with van der Waals surface area (Å²) in [4.78, 5) is 27.7. The van der Waals surface area contributed by atoms with Gasteiger partial charge in [0.05, 0.1) is 24.9 Å². The van der Waals surface area contributed by atoms with Crippen LogP contribution in [0.4, 0.5) is 11.4 Å². The Morgan fingerprint density at radius 2 is 1.65 bits per heavy atom. The Labute approximate surface area is 157 Å². The Hall–Kier alpha value is -2.73. The Kier molecular flexibility index (Phi) is 6.46. The molecule has 0 atom stereocenters. The number of carbonyl (C=O) groups excluding carboxylic acids is 2. The number of ether oxygens (including phenoxy) is 2. The second kappa shape index (κ2) is 8.58. The number of halogens is 1. The third kappa shape index (κ3) is 4.26. The summed E-state index contributed by atoms with van der Waals surface area (Å²) >= 11 is 6.12. The first-order chi connectivity index (χ1) is 12.4. The van der Waals surface area contributed by atoms with Crippen LogP contribution in [-0.2, 0) is 9.59 Å². The van der Waals surface area contributed by atoms with Gasteiger partial charge >= 0.3 is 0 Å². The van der Waals surface area contributed by atoms with Crippen molar-refractivity contribution in [3.8, 4) is 11.5 Å². The van der Waals surface area contributed by atoms with Gasteiger partial charge in [-0.3, -0.25) is 14.5 Å². The van der Waals surface area contributed by atoms with E-state index in [4.69, 9.17) is 21.1 Å². The van der Waals surface area contributed by atoms with E-state index < -0.39 is 0 Å². The first-order valence-electron chi connectivity index (χ1n) is 7.90. The van der Waals surface area contributed by atoms with Gasteiger partial charge in [-0.15, -0.1) is 0 Å². The van der Waals surface area contributed by atoms with Crippen molar-refractivity contribution in [1.82, 2.24) is 0 Å². The van der Waals surface area contributed by atoms with Crippen LogP contribution in [0.25, 0.3) is 0 Å². The predicted octanol–water partition coefficient (Wildman–Crippen LogP) is 3.37. The van der Waals surface area contributed by atoms with Crippen LogP contribution < -0.4 is 19.3 Å². The molecule has 0 bridgehead atoms. The smallest absolute Gasteiger partial charge is 0.246 e. The van der Waals surface area contributed by atoms with Gasteiger partial charge in [0, 0.05) is 31.8 Å². The number of para-hydroxylation sites is 1. The highest BCUT2D eigenvalue weighted by Gasteiger charge is 2.23. The van der Waals surface area contributed by atoms with Crippen LogP contribution in [0.15, 0.2) is 42.5 Å². The van der Waals surface area contributed by atoms with Gasteiger partial charge in [-0.25, -0.2) is 0 Å². The van der Waals surface area contributed by atoms with Crippen molar-refractivity contribution in [2.75, 3.05) is 37.6 Å². The van der Waals surface area contributed by atoms with Crippen molar-refractivity contribution < 1.29 is 19.1 Å². The van der Waals surface area contributed by atoms with Gasteiger partial charge in [-0.2, -0.15) is 0 Å². The first kappa shape index (κ1) is 19.6. The lowest BCUT2D eigenvalue weighted by Gasteiger charge is -2.26. The number of hydrogen-bond acceptors (Lipinski definition) is 4. The molecular formula is C19H21ClN2O4. The van der Waals surface area contributed by atoms with Crippen molar-refractivity contribution in [2.45, 2.75) is 6.92 Å². The van der Waals surface area contributed by atoms with Crippen molar-refractivity contribution in [3.05, 3.63) is 47.5 Å². The van der Waals surface area contributed by atoms with Crippen LogP contribution in [0.2, 0.25) is 5.02 Å². The fraction of sp³-hybridized carbons (Fsp3) is 0.263. The summed E-state index contributed by atoms with van der Waals surface area (Å²) in [7, 11) is 4.61. The molecular weight excluding hydrogens is 356 g/mol. The topological polar surface area (TPSA) is 59.1 Å². The maximum Gasteiger partial charge on any atom is 0.246 e. The second-order valence-corrected chi connectivity index (χ2v) is 5.96. The third-order valence-electron chi connectivity index (χ3n) is 3.94. The third-order valence-corrected chi connectivity index (χ3v) is 4.23. The summed E-state index contributed by atoms with van der Waals surface area (Å²) in [6, 6.07) is 12.3. The summed E-state index contributed by atoms with van der Waals surface area (Å²) in [5.41, 5.74) is 1.15. The number of carbonyl (C=O) groups is 2. The van der Waals surface area contributed by atoms with Gasteiger partial charge in [0.2, 0.25) is 11.8 Å². The van der Waals surface area contributed by atoms with Crippen LogP contribution in [0, 0.1) is 0 Å². The molecule has 2 rings (SSSR count). The van der Waals surface area contributed by atoms with E-state index in [1.807, 2.05) is 30.3 Å². The lowest BCUT2D eigenvalue weighted by molar-refractivity contribution is -0.121. The zero-order valence-electron chi connectivity index (χ0n) is 15.2. The molecule has 0 heterocycles. The zero-order valence-corrected chi connectivity index (χ0v) is 15.9. The van der Waals surface area contributed by atoms with Crippen LogP contribution in [0.5, 0.6) is 11.5 Å². The van der Waals surface area contributed by atoms with Gasteiger partial charge in [0.15, 0.2) is 0 Å². The van der Waals surface area contributed by atoms with Crippen molar-refractivity contribution in [1.29, 1.82) is 0 Å². The van der Waals surface area contributed by atoms with E-state index in [0.29, 0.717) is 22.2 Å². The van der Waals surface area contributed by atoms with E-state index in [-0.39, 0.29) is 18.4 Å². The fourth-order valence-corrected chi connectivity index (χ4v) is 2.69. The second-order valence-electron chi connectivity index (χ2n) is 5.55. The molecule has 0 saturated carbocycles. The number of methoxy groups -OCH3 is 2. The summed E-state index contributed by atoms with van der Waals surface area (Å²) in [6.07, 6.45) is 0. The summed E-state index contributed by atoms with van der Waals surface area (Å²) < 4.78 is 10.5. The normalized spacial score (nSPS) is 10.2. The molecule has 26 heavy (non-hydrogen) atoms. The highest BCUT2D eigenvalue weighted by molar-refractivity contribution is 6.32. The molecule has 0 unspecified atom stereocenters. The molecule has 0 aliphatic carbocycles. The molecule has 0 spiro atoms. The molecule has 2 aromatic rings. The molecule has 7 heteroatoms. The lowest BCUT2D eigenvalue weighted by atomic mass is 10.2. The number of rotatable bonds is 6. The summed E-state index contributed by atoms with van der Waals surface area (Å²) in [5.74, 6) is 0.212. The van der Waals surface area contributed by atoms with E-state index in [1.54, 1.807) is 19.2 Å². The van der Waals surface area contributed by atoms with E-state index in [2.05, 4.69) is 0 Å². The standard InChI is InChI=1S/C19H21ClN2O4/c1-13(23)22(12-19(24)21(2)14-8-6-5-7-9-14)16-11-17(25-3)15(20)10-18(16)26-4/h5-11H,12H2,1-4H3. The molecule has 0 aliphatic rings. The number of nitrogens with zero attached hydrogens (tertiary/aromatic N) is 2. The molecule has 2 aromatic carbocycles. The average molecular weight is 377 g/mol. The summed E-state index contributed by atoms with van der Waals surface area (Å²) in [6.45, 7) is 1.23. The Morgan fingerprint density at radius 1 is 1.04 bits per heavy atom. The number of likely N-dealkylation sites (N-methyl/N-ethyl adjacent to an activating group) is 1. The van der Waals surface area contributed by atoms with Gasteiger partial charge < -0.3 is 14.4 Å². The van der Waals surface area contributed by atoms with E-state index in [0.717, 1.165) is 5.69 Å². The zero-order chi connectivity index (χ0) is 19.3. The largest absolute Gasteiger partial charge is 0.495 e. The van der Waals surface area contributed by atoms with Crippen molar-refractivity contribution in [3.63, 3.8) is 0 Å². The first-order valence-corrected chi connectivity index (χ1v) is 8.28. The monoisotopic (exact) mass is 376 g/mol. The maximum atomic E-state index is 12.7. The van der Waals surface area contributed by atoms with Crippen LogP contribution >= 0.6 is 11.6 Å². The van der Waals surface area contributed by atoms with Gasteiger partial charge in [0.1, 0.15) is 18.0 Å². The molecule has 0 aromatic heterocycles. The van der Waals surface area contributed by atoms with Gasteiger partial charge in [-0.1, -0.05) is 29.8 Å². The van der Waals surface area contributed by atoms with Crippen molar-refractivity contribution in [2.24, 2.45) is 0 Å². The van der Waals surface area contributed by atoms with Gasteiger partial charge in [0.25, 0.3) is 0 Å². The highest BCUT2D eigenvalue weighted by Crippen LogP contribution is 2.38. The van der Waals surface area contributed by atoms with Gasteiger partial charge in [-0.05, 0) is 12.1 Å². The molecule has 6 nitrogen and oxygen atoms in total. The Balaban J connectivity index is 2.35. The average Bonchev–Trinajstić information content (AvgIpc) is 2.65. The molecule has 2 amide bonds. The predicted molar refractivity (Wildman–Crippen MR) is 102 cm³/mol. The number of hydrogen-bond donors (Lipinski definition) is 0. The quantitative estimate of drug-likeness (QED) is 0.775. The molecule has 0 N–H and O–H groups in total. The molecule has 0 radical (unpaired) electrons. The fourth-order valence-electron chi connectivity index (χ4n) is 2.46. The maximum absolute atomic E-state index is 12.7. The Morgan fingerprint density at radius 3 is 2.19 bits per heavy atom. The van der Waals surface area contributed by atoms with Crippen LogP contribution in [0.3, 0.4) is 0 Å². The number of anilines is 2. The van der Waals surface area contributed by atoms with Crippen LogP contribution in [-0.4, -0.2) is 39.6 Å². The minimum Gasteiger partial charge on any atom is -0.495 e. The highest BCUT2D eigenvalue weighted by atomic mass is 35.5. The van der Waals surface area contributed by atoms with E-state index in [9.17, 15) is 9.59 Å². The number of benzene rings is 2. The van der Waals surface area contributed by atoms with Crippen molar-refractivity contribution >= 4 is 34.8 Å². The molecule has 0 saturated heterocycles. The minimum absolute atomic E-state index is 0.151. The number of amides is 2. The Bertz CT molecular complexity index is 796. The SMILES string of the molecule is COc1cc(N(CC(=O)N(C)c2ccccc2)C(C)=O)c(OC)cc1Cl. The molecule has 0 fully saturated rings.